The number of halogens is 1. The van der Waals surface area contributed by atoms with E-state index in [2.05, 4.69) is 69.8 Å². The number of methoxy groups -OCH3 is 1. The topological polar surface area (TPSA) is 139 Å². The maximum atomic E-state index is 12.9. The molecule has 0 saturated carbocycles. The monoisotopic (exact) mass is 826 g/mol. The Morgan fingerprint density at radius 3 is 2.26 bits per heavy atom. The first kappa shape index (κ1) is 39.9. The highest BCUT2D eigenvalue weighted by molar-refractivity contribution is 7.70. The zero-order chi connectivity index (χ0) is 40.4. The minimum Gasteiger partial charge on any atom is -0.494 e. The van der Waals surface area contributed by atoms with Crippen LogP contribution in [0, 0.1) is 5.92 Å². The highest BCUT2D eigenvalue weighted by Crippen LogP contribution is 2.39. The number of anilines is 7. The number of piperidine rings is 1. The summed E-state index contributed by atoms with van der Waals surface area (Å²) < 4.78 is 18.7. The quantitative estimate of drug-likeness (QED) is 0.144. The van der Waals surface area contributed by atoms with E-state index in [1.54, 1.807) is 31.5 Å². The van der Waals surface area contributed by atoms with Gasteiger partial charge in [-0.15, -0.1) is 0 Å². The number of imide groups is 1. The second-order valence-electron chi connectivity index (χ2n) is 16.0. The Kier molecular flexibility index (Phi) is 11.8. The van der Waals surface area contributed by atoms with Gasteiger partial charge in [0.1, 0.15) is 17.9 Å². The first-order valence-corrected chi connectivity index (χ1v) is 23.1. The van der Waals surface area contributed by atoms with Crippen molar-refractivity contribution in [3.63, 3.8) is 0 Å². The van der Waals surface area contributed by atoms with E-state index in [0.717, 1.165) is 81.3 Å². The van der Waals surface area contributed by atoms with Crippen molar-refractivity contribution >= 4 is 76.2 Å². The van der Waals surface area contributed by atoms with Gasteiger partial charge >= 0.3 is 6.03 Å². The van der Waals surface area contributed by atoms with E-state index in [4.69, 9.17) is 16.3 Å². The molecule has 4 fully saturated rings. The fraction of sp³-hybridized carbons (Fsp3) is 0.429. The van der Waals surface area contributed by atoms with Crippen LogP contribution in [0.3, 0.4) is 0 Å². The fourth-order valence-electron chi connectivity index (χ4n) is 8.52. The van der Waals surface area contributed by atoms with E-state index in [0.29, 0.717) is 53.2 Å². The summed E-state index contributed by atoms with van der Waals surface area (Å²) in [5, 5.41) is 10.0. The second-order valence-corrected chi connectivity index (χ2v) is 19.6. The van der Waals surface area contributed by atoms with E-state index in [9.17, 15) is 14.2 Å². The number of para-hydroxylation sites is 1. The molecule has 1 aromatic heterocycles. The highest BCUT2D eigenvalue weighted by Gasteiger charge is 2.33. The van der Waals surface area contributed by atoms with E-state index < -0.39 is 7.14 Å². The molecule has 306 valence electrons. The SMILES string of the molecule is COc1cc(N2CCN(C3CCN(CC4CN(c5ccc(N6CCC(=O)NC6=O)cc5)C4)CC3)CC2)ccc1Nc1ncc(Cl)c(Nc2ccccc2P(C)(C)=O)n1. The number of urea groups is 1. The van der Waals surface area contributed by atoms with Crippen LogP contribution in [-0.4, -0.2) is 124 Å². The van der Waals surface area contributed by atoms with Gasteiger partial charge in [0.2, 0.25) is 11.9 Å². The summed E-state index contributed by atoms with van der Waals surface area (Å²) >= 11 is 6.48. The maximum absolute atomic E-state index is 12.9. The predicted octanol–water partition coefficient (Wildman–Crippen LogP) is 6.04. The number of hydrogen-bond acceptors (Lipinski definition) is 12. The number of benzene rings is 3. The molecule has 0 bridgehead atoms. The van der Waals surface area contributed by atoms with Crippen molar-refractivity contribution in [3.8, 4) is 5.75 Å². The number of amides is 3. The van der Waals surface area contributed by atoms with Crippen molar-refractivity contribution in [3.05, 3.63) is 77.9 Å². The van der Waals surface area contributed by atoms with Crippen molar-refractivity contribution in [1.82, 2.24) is 25.1 Å². The Morgan fingerprint density at radius 1 is 0.845 bits per heavy atom. The van der Waals surface area contributed by atoms with Crippen molar-refractivity contribution in [2.24, 2.45) is 5.92 Å². The van der Waals surface area contributed by atoms with Crippen molar-refractivity contribution < 1.29 is 18.9 Å². The van der Waals surface area contributed by atoms with Gasteiger partial charge in [-0.25, -0.2) is 9.78 Å². The summed E-state index contributed by atoms with van der Waals surface area (Å²) in [6.45, 7) is 13.4. The van der Waals surface area contributed by atoms with Gasteiger partial charge in [0.15, 0.2) is 5.82 Å². The molecule has 16 heteroatoms. The van der Waals surface area contributed by atoms with Gasteiger partial charge in [-0.05, 0) is 87.8 Å². The zero-order valence-electron chi connectivity index (χ0n) is 33.4. The molecule has 8 rings (SSSR count). The van der Waals surface area contributed by atoms with Gasteiger partial charge in [0, 0.05) is 99.2 Å². The van der Waals surface area contributed by atoms with Gasteiger partial charge in [0.25, 0.3) is 0 Å². The molecule has 0 spiro atoms. The third kappa shape index (κ3) is 9.05. The lowest BCUT2D eigenvalue weighted by Crippen LogP contribution is -2.55. The van der Waals surface area contributed by atoms with Crippen LogP contribution >= 0.6 is 18.7 Å². The Bertz CT molecular complexity index is 2170. The van der Waals surface area contributed by atoms with Gasteiger partial charge < -0.3 is 34.6 Å². The Labute approximate surface area is 345 Å². The number of rotatable bonds is 12. The van der Waals surface area contributed by atoms with Crippen molar-refractivity contribution in [2.45, 2.75) is 25.3 Å². The summed E-state index contributed by atoms with van der Waals surface area (Å²) in [7, 11) is -0.870. The van der Waals surface area contributed by atoms with Crippen molar-refractivity contribution in [1.29, 1.82) is 0 Å². The third-order valence-corrected chi connectivity index (χ3v) is 13.5. The molecule has 0 aliphatic carbocycles. The maximum Gasteiger partial charge on any atom is 0.328 e. The van der Waals surface area contributed by atoms with Crippen LogP contribution in [0.1, 0.15) is 19.3 Å². The van der Waals surface area contributed by atoms with Gasteiger partial charge in [-0.2, -0.15) is 4.98 Å². The molecule has 4 aliphatic rings. The van der Waals surface area contributed by atoms with Crippen LogP contribution in [0.2, 0.25) is 5.02 Å². The number of nitrogens with zero attached hydrogens (tertiary/aromatic N) is 7. The molecule has 0 atom stereocenters. The number of carbonyl (C=O) groups is 2. The molecule has 14 nitrogen and oxygen atoms in total. The molecule has 4 saturated heterocycles. The highest BCUT2D eigenvalue weighted by atomic mass is 35.5. The summed E-state index contributed by atoms with van der Waals surface area (Å²) in [6, 6.07) is 22.0. The number of piperazine rings is 1. The zero-order valence-corrected chi connectivity index (χ0v) is 35.0. The minimum atomic E-state index is -2.54. The van der Waals surface area contributed by atoms with E-state index >= 15 is 0 Å². The summed E-state index contributed by atoms with van der Waals surface area (Å²) in [6.07, 6.45) is 4.28. The molecule has 4 aromatic rings. The molecule has 3 aromatic carbocycles. The van der Waals surface area contributed by atoms with Gasteiger partial charge in [-0.3, -0.25) is 19.9 Å². The molecular weight excluding hydrogens is 775 g/mol. The van der Waals surface area contributed by atoms with E-state index in [1.165, 1.54) is 18.5 Å². The van der Waals surface area contributed by atoms with Crippen LogP contribution in [0.15, 0.2) is 72.9 Å². The van der Waals surface area contributed by atoms with Crippen LogP contribution in [0.5, 0.6) is 5.75 Å². The van der Waals surface area contributed by atoms with Crippen LogP contribution in [0.25, 0.3) is 0 Å². The molecule has 5 heterocycles. The first-order chi connectivity index (χ1) is 28.0. The summed E-state index contributed by atoms with van der Waals surface area (Å²) in [4.78, 5) is 44.5. The predicted molar refractivity (Wildman–Crippen MR) is 233 cm³/mol. The standard InChI is InChI=1S/C42H52ClN10O4P/c1-57-37-24-33(12-13-35(37)46-41-44-25-34(43)40(48-41)45-36-6-4-5-7-38(36)58(2,3)56)51-22-20-50(21-23-51)31-14-17-49(18-15-31)26-29-27-52(28-29)30-8-10-32(11-9-30)53-19-16-39(54)47-42(53)55/h4-13,24-25,29,31H,14-23,26-28H2,1-3H3,(H,47,54,55)(H2,44,45,46,48). The Morgan fingerprint density at radius 2 is 1.55 bits per heavy atom. The van der Waals surface area contributed by atoms with Gasteiger partial charge in [0.05, 0.1) is 24.7 Å². The Balaban J connectivity index is 0.784. The van der Waals surface area contributed by atoms with Gasteiger partial charge in [-0.1, -0.05) is 23.7 Å². The van der Waals surface area contributed by atoms with Crippen LogP contribution < -0.4 is 40.7 Å². The summed E-state index contributed by atoms with van der Waals surface area (Å²) in [5.74, 6) is 1.91. The lowest BCUT2D eigenvalue weighted by molar-refractivity contribution is -0.120. The average Bonchev–Trinajstić information content (AvgIpc) is 3.21. The smallest absolute Gasteiger partial charge is 0.328 e. The molecule has 4 aliphatic heterocycles. The number of aromatic nitrogens is 2. The fourth-order valence-corrected chi connectivity index (χ4v) is 9.81. The van der Waals surface area contributed by atoms with Crippen LogP contribution in [0.4, 0.5) is 45.0 Å². The largest absolute Gasteiger partial charge is 0.494 e. The molecule has 0 radical (unpaired) electrons. The normalized spacial score (nSPS) is 18.9. The molecular formula is C42H52ClN10O4P. The lowest BCUT2D eigenvalue weighted by atomic mass is 9.95. The van der Waals surface area contributed by atoms with E-state index in [-0.39, 0.29) is 11.9 Å². The lowest BCUT2D eigenvalue weighted by Gasteiger charge is -2.46. The van der Waals surface area contributed by atoms with E-state index in [1.807, 2.05) is 42.5 Å². The Hall–Kier alpha value is -4.88. The van der Waals surface area contributed by atoms with Crippen molar-refractivity contribution in [2.75, 3.05) is 111 Å². The number of likely N-dealkylation sites (tertiary alicyclic amines) is 1. The summed E-state index contributed by atoms with van der Waals surface area (Å²) in [5.41, 5.74) is 4.55. The first-order valence-electron chi connectivity index (χ1n) is 20.1. The second kappa shape index (κ2) is 17.1. The number of nitrogens with one attached hydrogen (secondary N) is 3. The average molecular weight is 827 g/mol. The molecule has 3 amide bonds. The molecule has 0 unspecified atom stereocenters. The molecule has 58 heavy (non-hydrogen) atoms. The number of carbonyl (C=O) groups excluding carboxylic acids is 2. The number of hydrogen-bond donors (Lipinski definition) is 3. The number of ether oxygens (including phenoxy) is 1. The van der Waals surface area contributed by atoms with Crippen LogP contribution in [-0.2, 0) is 9.36 Å². The minimum absolute atomic E-state index is 0.216. The third-order valence-electron chi connectivity index (χ3n) is 11.7. The molecule has 3 N–H and O–H groups in total.